The molecule has 3 rings (SSSR count). The summed E-state index contributed by atoms with van der Waals surface area (Å²) >= 11 is 0. The summed E-state index contributed by atoms with van der Waals surface area (Å²) in [6, 6.07) is 13.7. The molecule has 1 N–H and O–H groups in total. The smallest absolute Gasteiger partial charge is 0.264 e. The van der Waals surface area contributed by atoms with Crippen molar-refractivity contribution in [1.82, 2.24) is 4.98 Å². The van der Waals surface area contributed by atoms with Crippen LogP contribution >= 0.6 is 0 Å². The van der Waals surface area contributed by atoms with E-state index in [0.29, 0.717) is 16.9 Å². The number of anilines is 1. The van der Waals surface area contributed by atoms with Gasteiger partial charge in [0.05, 0.1) is 5.69 Å². The normalized spacial score (nSPS) is 10.9. The molecule has 3 aromatic rings. The number of aryl methyl sites for hydroxylation is 2. The van der Waals surface area contributed by atoms with E-state index in [4.69, 9.17) is 10.00 Å². The van der Waals surface area contributed by atoms with Crippen LogP contribution in [0.4, 0.5) is 10.1 Å². The van der Waals surface area contributed by atoms with E-state index in [0.717, 1.165) is 6.07 Å². The van der Waals surface area contributed by atoms with Crippen molar-refractivity contribution in [3.8, 4) is 17.7 Å². The zero-order valence-corrected chi connectivity index (χ0v) is 15.9. The monoisotopic (exact) mass is 397 g/mol. The van der Waals surface area contributed by atoms with E-state index >= 15 is 0 Å². The summed E-state index contributed by atoms with van der Waals surface area (Å²) in [4.78, 5) is 3.60. The fourth-order valence-electron chi connectivity index (χ4n) is 2.50. The van der Waals surface area contributed by atoms with Crippen molar-refractivity contribution in [3.63, 3.8) is 0 Å². The lowest BCUT2D eigenvalue weighted by molar-refractivity contribution is 0.461. The van der Waals surface area contributed by atoms with Gasteiger partial charge < -0.3 is 4.74 Å². The molecule has 0 bridgehead atoms. The SMILES string of the molecule is Cc1ccc(F)c(S(=O)(=O)Nc2ccc(Oc3ncccc3C#N)cc2C)c1. The number of nitriles is 1. The third-order valence-corrected chi connectivity index (χ3v) is 5.31. The Morgan fingerprint density at radius 3 is 2.64 bits per heavy atom. The first-order valence-electron chi connectivity index (χ1n) is 8.23. The van der Waals surface area contributed by atoms with Crippen molar-refractivity contribution >= 4 is 15.7 Å². The van der Waals surface area contributed by atoms with Gasteiger partial charge in [-0.2, -0.15) is 5.26 Å². The van der Waals surface area contributed by atoms with Crippen LogP contribution in [0.5, 0.6) is 11.6 Å². The van der Waals surface area contributed by atoms with Gasteiger partial charge in [-0.3, -0.25) is 4.72 Å². The fraction of sp³-hybridized carbons (Fsp3) is 0.100. The third kappa shape index (κ3) is 4.10. The Morgan fingerprint density at radius 2 is 1.93 bits per heavy atom. The standard InChI is InChI=1S/C20H16FN3O3S/c1-13-5-7-17(21)19(10-13)28(25,26)24-18-8-6-16(11-14(18)2)27-20-15(12-22)4-3-9-23-20/h3-11,24H,1-2H3. The van der Waals surface area contributed by atoms with E-state index in [2.05, 4.69) is 9.71 Å². The van der Waals surface area contributed by atoms with E-state index in [1.54, 1.807) is 32.0 Å². The van der Waals surface area contributed by atoms with Crippen LogP contribution in [0.2, 0.25) is 0 Å². The number of benzene rings is 2. The number of nitrogens with one attached hydrogen (secondary N) is 1. The molecule has 0 aliphatic carbocycles. The second-order valence-electron chi connectivity index (χ2n) is 6.09. The average Bonchev–Trinajstić information content (AvgIpc) is 2.66. The fourth-order valence-corrected chi connectivity index (χ4v) is 3.79. The third-order valence-electron chi connectivity index (χ3n) is 3.92. The first-order chi connectivity index (χ1) is 13.3. The molecule has 1 heterocycles. The van der Waals surface area contributed by atoms with E-state index in [9.17, 15) is 12.8 Å². The number of sulfonamides is 1. The number of hydrogen-bond donors (Lipinski definition) is 1. The van der Waals surface area contributed by atoms with E-state index in [1.807, 2.05) is 6.07 Å². The second kappa shape index (κ2) is 7.66. The summed E-state index contributed by atoms with van der Waals surface area (Å²) in [6.45, 7) is 3.36. The number of rotatable bonds is 5. The average molecular weight is 397 g/mol. The molecule has 0 unspecified atom stereocenters. The van der Waals surface area contributed by atoms with Crippen LogP contribution in [-0.4, -0.2) is 13.4 Å². The van der Waals surface area contributed by atoms with Gasteiger partial charge in [0.1, 0.15) is 28.1 Å². The van der Waals surface area contributed by atoms with Gasteiger partial charge >= 0.3 is 0 Å². The predicted molar refractivity (Wildman–Crippen MR) is 102 cm³/mol. The van der Waals surface area contributed by atoms with Gasteiger partial charge in [-0.15, -0.1) is 0 Å². The van der Waals surface area contributed by atoms with Crippen molar-refractivity contribution < 1.29 is 17.5 Å². The highest BCUT2D eigenvalue weighted by atomic mass is 32.2. The van der Waals surface area contributed by atoms with Crippen LogP contribution in [0.25, 0.3) is 0 Å². The molecule has 6 nitrogen and oxygen atoms in total. The molecule has 28 heavy (non-hydrogen) atoms. The van der Waals surface area contributed by atoms with Gasteiger partial charge in [0.15, 0.2) is 0 Å². The van der Waals surface area contributed by atoms with Gasteiger partial charge in [0, 0.05) is 6.20 Å². The van der Waals surface area contributed by atoms with Crippen molar-refractivity contribution in [2.75, 3.05) is 4.72 Å². The van der Waals surface area contributed by atoms with Gasteiger partial charge in [-0.05, 0) is 67.4 Å². The van der Waals surface area contributed by atoms with E-state index in [-0.39, 0.29) is 17.1 Å². The number of hydrogen-bond acceptors (Lipinski definition) is 5. The number of aromatic nitrogens is 1. The Labute approximate surface area is 162 Å². The molecule has 2 aromatic carbocycles. The first kappa shape index (κ1) is 19.3. The molecule has 0 saturated carbocycles. The molecule has 8 heteroatoms. The van der Waals surface area contributed by atoms with Crippen LogP contribution < -0.4 is 9.46 Å². The highest BCUT2D eigenvalue weighted by Gasteiger charge is 2.20. The van der Waals surface area contributed by atoms with Crippen molar-refractivity contribution in [2.45, 2.75) is 18.7 Å². The maximum Gasteiger partial charge on any atom is 0.264 e. The minimum absolute atomic E-state index is 0.152. The van der Waals surface area contributed by atoms with Crippen LogP contribution in [-0.2, 0) is 10.0 Å². The molecule has 142 valence electrons. The largest absolute Gasteiger partial charge is 0.438 e. The van der Waals surface area contributed by atoms with E-state index in [1.165, 1.54) is 30.5 Å². The Bertz CT molecular complexity index is 1190. The van der Waals surface area contributed by atoms with Crippen LogP contribution in [0, 0.1) is 31.0 Å². The Kier molecular flexibility index (Phi) is 5.29. The lowest BCUT2D eigenvalue weighted by Gasteiger charge is -2.13. The number of halogens is 1. The molecule has 0 radical (unpaired) electrons. The van der Waals surface area contributed by atoms with Crippen LogP contribution in [0.1, 0.15) is 16.7 Å². The molecule has 0 atom stereocenters. The summed E-state index contributed by atoms with van der Waals surface area (Å²) in [5.41, 5.74) is 1.75. The van der Waals surface area contributed by atoms with E-state index < -0.39 is 20.7 Å². The molecule has 0 fully saturated rings. The molecule has 0 saturated heterocycles. The second-order valence-corrected chi connectivity index (χ2v) is 7.74. The summed E-state index contributed by atoms with van der Waals surface area (Å²) < 4.78 is 47.1. The molecule has 0 spiro atoms. The first-order valence-corrected chi connectivity index (χ1v) is 9.71. The highest BCUT2D eigenvalue weighted by Crippen LogP contribution is 2.28. The topological polar surface area (TPSA) is 92.1 Å². The maximum absolute atomic E-state index is 14.0. The minimum atomic E-state index is -4.09. The Hall–Kier alpha value is -3.44. The molecule has 0 aliphatic rings. The lowest BCUT2D eigenvalue weighted by Crippen LogP contribution is -2.15. The lowest BCUT2D eigenvalue weighted by atomic mass is 10.2. The highest BCUT2D eigenvalue weighted by molar-refractivity contribution is 7.92. The number of nitrogens with zero attached hydrogens (tertiary/aromatic N) is 2. The summed E-state index contributed by atoms with van der Waals surface area (Å²) in [5, 5.41) is 9.10. The van der Waals surface area contributed by atoms with Crippen molar-refractivity contribution in [2.24, 2.45) is 0 Å². The van der Waals surface area contributed by atoms with Crippen LogP contribution in [0.15, 0.2) is 59.6 Å². The minimum Gasteiger partial charge on any atom is -0.438 e. The molecule has 0 amide bonds. The Balaban J connectivity index is 1.87. The summed E-state index contributed by atoms with van der Waals surface area (Å²) in [5.74, 6) is -0.285. The summed E-state index contributed by atoms with van der Waals surface area (Å²) in [7, 11) is -4.09. The van der Waals surface area contributed by atoms with Gasteiger partial charge in [-0.1, -0.05) is 6.07 Å². The molecular weight excluding hydrogens is 381 g/mol. The molecular formula is C20H16FN3O3S. The van der Waals surface area contributed by atoms with Crippen LogP contribution in [0.3, 0.4) is 0 Å². The number of pyridine rings is 1. The zero-order valence-electron chi connectivity index (χ0n) is 15.1. The van der Waals surface area contributed by atoms with Gasteiger partial charge in [-0.25, -0.2) is 17.8 Å². The van der Waals surface area contributed by atoms with Gasteiger partial charge in [0.25, 0.3) is 10.0 Å². The molecule has 1 aromatic heterocycles. The molecule has 0 aliphatic heterocycles. The van der Waals surface area contributed by atoms with Crippen molar-refractivity contribution in [3.05, 3.63) is 77.2 Å². The maximum atomic E-state index is 14.0. The predicted octanol–water partition coefficient (Wildman–Crippen LogP) is 4.30. The Morgan fingerprint density at radius 1 is 1.14 bits per heavy atom. The van der Waals surface area contributed by atoms with Gasteiger partial charge in [0.2, 0.25) is 5.88 Å². The number of ether oxygens (including phenoxy) is 1. The zero-order chi connectivity index (χ0) is 20.3. The van der Waals surface area contributed by atoms with Crippen molar-refractivity contribution in [1.29, 1.82) is 5.26 Å². The quantitative estimate of drug-likeness (QED) is 0.693. The summed E-state index contributed by atoms with van der Waals surface area (Å²) in [6.07, 6.45) is 1.50.